The Morgan fingerprint density at radius 2 is 1.90 bits per heavy atom. The van der Waals surface area contributed by atoms with Gasteiger partial charge in [-0.2, -0.15) is 0 Å². The molecule has 0 aliphatic carbocycles. The maximum Gasteiger partial charge on any atom is 0.301 e. The Labute approximate surface area is 231 Å². The SMILES string of the molecule is CC1Cc2cc(/C(O)=C3\C(=O)C(=O)N(c4nnc(SCc5ccc(F)cc5)s4)C3c3ccncc3)ccc2O1. The van der Waals surface area contributed by atoms with Crippen molar-refractivity contribution in [2.24, 2.45) is 0 Å². The Balaban J connectivity index is 1.36. The molecule has 2 aromatic heterocycles. The summed E-state index contributed by atoms with van der Waals surface area (Å²) in [5.41, 5.74) is 2.82. The van der Waals surface area contributed by atoms with Crippen molar-refractivity contribution in [3.8, 4) is 5.75 Å². The van der Waals surface area contributed by atoms with Crippen LogP contribution in [0.2, 0.25) is 0 Å². The summed E-state index contributed by atoms with van der Waals surface area (Å²) in [5.74, 6) is -0.920. The number of aliphatic hydroxyl groups is 1. The minimum atomic E-state index is -0.917. The first kappa shape index (κ1) is 25.2. The third-order valence-corrected chi connectivity index (χ3v) is 8.64. The minimum Gasteiger partial charge on any atom is -0.507 e. The van der Waals surface area contributed by atoms with E-state index in [4.69, 9.17) is 4.74 Å². The van der Waals surface area contributed by atoms with Crippen LogP contribution in [0, 0.1) is 5.82 Å². The fourth-order valence-electron chi connectivity index (χ4n) is 4.70. The third kappa shape index (κ3) is 4.79. The Kier molecular flexibility index (Phi) is 6.61. The van der Waals surface area contributed by atoms with Gasteiger partial charge >= 0.3 is 5.91 Å². The van der Waals surface area contributed by atoms with E-state index in [1.807, 2.05) is 6.92 Å². The van der Waals surface area contributed by atoms with Gasteiger partial charge in [0.1, 0.15) is 23.4 Å². The first-order valence-electron chi connectivity index (χ1n) is 12.1. The molecule has 0 spiro atoms. The second-order valence-electron chi connectivity index (χ2n) is 9.17. The standard InChI is InChI=1S/C28H21FN4O4S2/c1-15-12-19-13-18(4-7-21(19)37-15)24(34)22-23(17-8-10-30-11-9-17)33(26(36)25(22)35)27-31-32-28(39-27)38-14-16-2-5-20(29)6-3-16/h2-11,13,15,23,34H,12,14H2,1H3/b24-22+. The molecule has 4 heterocycles. The van der Waals surface area contributed by atoms with Crippen molar-refractivity contribution in [2.45, 2.75) is 35.6 Å². The van der Waals surface area contributed by atoms with Crippen LogP contribution in [0.15, 0.2) is 76.9 Å². The minimum absolute atomic E-state index is 0.0207. The summed E-state index contributed by atoms with van der Waals surface area (Å²) < 4.78 is 19.6. The third-order valence-electron chi connectivity index (χ3n) is 6.51. The van der Waals surface area contributed by atoms with Gasteiger partial charge in [-0.3, -0.25) is 19.5 Å². The summed E-state index contributed by atoms with van der Waals surface area (Å²) in [6.45, 7) is 1.96. The highest BCUT2D eigenvalue weighted by atomic mass is 32.2. The number of pyridine rings is 1. The van der Waals surface area contributed by atoms with Gasteiger partial charge in [0.2, 0.25) is 5.13 Å². The van der Waals surface area contributed by atoms with Crippen LogP contribution in [0.1, 0.15) is 35.2 Å². The van der Waals surface area contributed by atoms with Crippen molar-refractivity contribution in [1.29, 1.82) is 0 Å². The molecule has 2 unspecified atom stereocenters. The molecule has 0 saturated carbocycles. The van der Waals surface area contributed by atoms with Crippen molar-refractivity contribution < 1.29 is 23.8 Å². The number of hydrogen-bond acceptors (Lipinski definition) is 9. The summed E-state index contributed by atoms with van der Waals surface area (Å²) in [7, 11) is 0. The number of nitrogens with zero attached hydrogens (tertiary/aromatic N) is 4. The van der Waals surface area contributed by atoms with Gasteiger partial charge in [-0.15, -0.1) is 10.2 Å². The number of hydrogen-bond donors (Lipinski definition) is 1. The second kappa shape index (κ2) is 10.2. The molecular formula is C28H21FN4O4S2. The van der Waals surface area contributed by atoms with Gasteiger partial charge in [0.15, 0.2) is 4.34 Å². The number of amides is 1. The van der Waals surface area contributed by atoms with E-state index >= 15 is 0 Å². The molecule has 1 saturated heterocycles. The lowest BCUT2D eigenvalue weighted by Gasteiger charge is -2.22. The first-order valence-corrected chi connectivity index (χ1v) is 13.9. The second-order valence-corrected chi connectivity index (χ2v) is 11.3. The molecule has 196 valence electrons. The fraction of sp³-hybridized carbons (Fsp3) is 0.179. The number of halogens is 1. The Morgan fingerprint density at radius 3 is 2.67 bits per heavy atom. The van der Waals surface area contributed by atoms with E-state index in [2.05, 4.69) is 15.2 Å². The highest BCUT2D eigenvalue weighted by molar-refractivity contribution is 8.00. The van der Waals surface area contributed by atoms with E-state index < -0.39 is 17.7 Å². The van der Waals surface area contributed by atoms with Crippen LogP contribution in [-0.2, 0) is 21.8 Å². The van der Waals surface area contributed by atoms with Crippen molar-refractivity contribution in [1.82, 2.24) is 15.2 Å². The van der Waals surface area contributed by atoms with Gasteiger partial charge in [0, 0.05) is 30.1 Å². The van der Waals surface area contributed by atoms with Crippen molar-refractivity contribution in [2.75, 3.05) is 4.90 Å². The molecule has 4 aromatic rings. The highest BCUT2D eigenvalue weighted by Crippen LogP contribution is 2.44. The van der Waals surface area contributed by atoms with Crippen LogP contribution in [0.4, 0.5) is 9.52 Å². The van der Waals surface area contributed by atoms with Crippen molar-refractivity contribution >= 4 is 45.7 Å². The zero-order valence-corrected chi connectivity index (χ0v) is 22.2. The van der Waals surface area contributed by atoms with Crippen LogP contribution in [-0.4, -0.2) is 38.1 Å². The Bertz CT molecular complexity index is 1610. The molecule has 0 bridgehead atoms. The van der Waals surface area contributed by atoms with Crippen molar-refractivity contribution in [3.05, 3.63) is 101 Å². The van der Waals surface area contributed by atoms with Crippen LogP contribution in [0.3, 0.4) is 0 Å². The molecule has 2 aliphatic heterocycles. The maximum atomic E-state index is 13.4. The van der Waals surface area contributed by atoms with Crippen LogP contribution >= 0.6 is 23.1 Å². The smallest absolute Gasteiger partial charge is 0.301 e. The summed E-state index contributed by atoms with van der Waals surface area (Å²) in [5, 5.41) is 20.0. The Morgan fingerprint density at radius 1 is 1.13 bits per heavy atom. The van der Waals surface area contributed by atoms with Crippen LogP contribution in [0.25, 0.3) is 5.76 Å². The van der Waals surface area contributed by atoms with E-state index in [1.165, 1.54) is 40.1 Å². The largest absolute Gasteiger partial charge is 0.507 e. The van der Waals surface area contributed by atoms with Gasteiger partial charge in [-0.25, -0.2) is 4.39 Å². The van der Waals surface area contributed by atoms with E-state index in [-0.39, 0.29) is 28.4 Å². The topological polar surface area (TPSA) is 106 Å². The van der Waals surface area contributed by atoms with E-state index in [0.717, 1.165) is 16.9 Å². The van der Waals surface area contributed by atoms with E-state index in [0.29, 0.717) is 27.6 Å². The van der Waals surface area contributed by atoms with Gasteiger partial charge in [-0.05, 0) is 66.1 Å². The predicted molar refractivity (Wildman–Crippen MR) is 145 cm³/mol. The lowest BCUT2D eigenvalue weighted by atomic mass is 9.95. The average molecular weight is 561 g/mol. The number of anilines is 1. The molecule has 2 aliphatic rings. The summed E-state index contributed by atoms with van der Waals surface area (Å²) >= 11 is 2.56. The van der Waals surface area contributed by atoms with E-state index in [9.17, 15) is 19.1 Å². The number of carbonyl (C=O) groups is 2. The summed E-state index contributed by atoms with van der Waals surface area (Å²) in [6.07, 6.45) is 3.83. The quantitative estimate of drug-likeness (QED) is 0.111. The number of thioether (sulfide) groups is 1. The highest BCUT2D eigenvalue weighted by Gasteiger charge is 2.48. The number of Topliss-reactive ketones (excluding diaryl/α,β-unsaturated/α-hetero) is 1. The number of fused-ring (bicyclic) bond motifs is 1. The molecular weight excluding hydrogens is 539 g/mol. The van der Waals surface area contributed by atoms with Gasteiger partial charge < -0.3 is 9.84 Å². The first-order chi connectivity index (χ1) is 18.9. The van der Waals surface area contributed by atoms with Crippen LogP contribution in [0.5, 0.6) is 5.75 Å². The number of carbonyl (C=O) groups excluding carboxylic acids is 2. The monoisotopic (exact) mass is 560 g/mol. The molecule has 1 amide bonds. The molecule has 11 heteroatoms. The fourth-order valence-corrected chi connectivity index (χ4v) is 6.52. The lowest BCUT2D eigenvalue weighted by Crippen LogP contribution is -2.29. The number of rotatable bonds is 6. The molecule has 39 heavy (non-hydrogen) atoms. The number of aliphatic hydroxyl groups excluding tert-OH is 1. The molecule has 1 N–H and O–H groups in total. The predicted octanol–water partition coefficient (Wildman–Crippen LogP) is 5.31. The lowest BCUT2D eigenvalue weighted by molar-refractivity contribution is -0.132. The zero-order valence-electron chi connectivity index (χ0n) is 20.6. The summed E-state index contributed by atoms with van der Waals surface area (Å²) in [6, 6.07) is 13.9. The Hall–Kier alpha value is -4.09. The molecule has 2 atom stereocenters. The van der Waals surface area contributed by atoms with Crippen molar-refractivity contribution in [3.63, 3.8) is 0 Å². The van der Waals surface area contributed by atoms with Gasteiger partial charge in [0.25, 0.3) is 5.78 Å². The number of ketones is 1. The van der Waals surface area contributed by atoms with E-state index in [1.54, 1.807) is 54.9 Å². The van der Waals surface area contributed by atoms with Gasteiger partial charge in [-0.1, -0.05) is 35.2 Å². The molecule has 6 rings (SSSR count). The molecule has 0 radical (unpaired) electrons. The number of benzene rings is 2. The molecule has 1 fully saturated rings. The maximum absolute atomic E-state index is 13.4. The zero-order chi connectivity index (χ0) is 27.1. The number of ether oxygens (including phenoxy) is 1. The normalized spacial score (nSPS) is 19.8. The molecule has 8 nitrogen and oxygen atoms in total. The number of aromatic nitrogens is 3. The summed E-state index contributed by atoms with van der Waals surface area (Å²) in [4.78, 5) is 32.1. The van der Waals surface area contributed by atoms with Crippen LogP contribution < -0.4 is 9.64 Å². The van der Waals surface area contributed by atoms with Gasteiger partial charge in [0.05, 0.1) is 11.6 Å². The molecule has 2 aromatic carbocycles. The average Bonchev–Trinajstić information content (AvgIpc) is 3.63.